The molecule has 0 amide bonds. The Hall–Kier alpha value is -1.42. The van der Waals surface area contributed by atoms with E-state index in [9.17, 15) is 41.4 Å². The van der Waals surface area contributed by atoms with E-state index in [4.69, 9.17) is 24.7 Å². The van der Waals surface area contributed by atoms with Gasteiger partial charge in [-0.25, -0.2) is 0 Å². The molecule has 10 atom stereocenters. The van der Waals surface area contributed by atoms with Crippen LogP contribution in [0.5, 0.6) is 0 Å². The van der Waals surface area contributed by atoms with Gasteiger partial charge in [0.2, 0.25) is 5.78 Å². The highest BCUT2D eigenvalue weighted by molar-refractivity contribution is 7.86. The van der Waals surface area contributed by atoms with Crippen LogP contribution in [0.15, 0.2) is 11.6 Å². The maximum Gasteiger partial charge on any atom is 0.303 e. The zero-order valence-corrected chi connectivity index (χ0v) is 26.1. The zero-order chi connectivity index (χ0) is 31.1. The minimum Gasteiger partial charge on any atom is -0.458 e. The van der Waals surface area contributed by atoms with Crippen molar-refractivity contribution in [3.05, 3.63) is 11.6 Å². The normalized spacial score (nSPS) is 44.3. The van der Waals surface area contributed by atoms with Crippen molar-refractivity contribution in [1.29, 1.82) is 0 Å². The summed E-state index contributed by atoms with van der Waals surface area (Å²) in [7, 11) is -8.58. The van der Waals surface area contributed by atoms with Gasteiger partial charge in [-0.1, -0.05) is 20.8 Å². The lowest BCUT2D eigenvalue weighted by Crippen LogP contribution is -2.75. The van der Waals surface area contributed by atoms with Gasteiger partial charge < -0.3 is 14.9 Å². The van der Waals surface area contributed by atoms with E-state index in [2.05, 4.69) is 0 Å². The molecule has 2 N–H and O–H groups in total. The van der Waals surface area contributed by atoms with Crippen LogP contribution in [0.4, 0.5) is 0 Å². The van der Waals surface area contributed by atoms with E-state index in [1.807, 2.05) is 0 Å². The highest BCUT2D eigenvalue weighted by atomic mass is 35.5. The highest BCUT2D eigenvalue weighted by Gasteiger charge is 2.78. The number of alkyl halides is 1. The smallest absolute Gasteiger partial charge is 0.303 e. The number of fused-ring (bicyclic) bond motifs is 5. The number of carbonyl (C=O) groups is 3. The summed E-state index contributed by atoms with van der Waals surface area (Å²) in [5.74, 6) is -4.64. The zero-order valence-electron chi connectivity index (χ0n) is 23.7. The molecule has 12 nitrogen and oxygen atoms in total. The summed E-state index contributed by atoms with van der Waals surface area (Å²) in [5, 5.41) is 23.9. The maximum absolute atomic E-state index is 13.5. The number of carbonyl (C=O) groups excluding carboxylic acids is 3. The molecule has 41 heavy (non-hydrogen) atoms. The molecule has 232 valence electrons. The summed E-state index contributed by atoms with van der Waals surface area (Å²) < 4.78 is 66.1. The van der Waals surface area contributed by atoms with E-state index in [1.165, 1.54) is 6.08 Å². The molecule has 3 fully saturated rings. The van der Waals surface area contributed by atoms with Gasteiger partial charge in [-0.2, -0.15) is 16.8 Å². The van der Waals surface area contributed by atoms with Crippen LogP contribution in [-0.2, 0) is 47.7 Å². The van der Waals surface area contributed by atoms with Gasteiger partial charge in [0.25, 0.3) is 20.2 Å². The fraction of sp³-hybridized carbons (Fsp3) is 0.808. The Morgan fingerprint density at radius 2 is 1.71 bits per heavy atom. The second-order valence-electron chi connectivity index (χ2n) is 12.5. The Morgan fingerprint density at radius 3 is 2.24 bits per heavy atom. The second-order valence-corrected chi connectivity index (χ2v) is 16.4. The fourth-order valence-electron chi connectivity index (χ4n) is 8.35. The number of aliphatic hydroxyl groups is 2. The number of esters is 1. The molecule has 0 aromatic heterocycles. The van der Waals surface area contributed by atoms with E-state index in [1.54, 1.807) is 20.8 Å². The van der Waals surface area contributed by atoms with E-state index in [-0.39, 0.29) is 37.0 Å². The Labute approximate surface area is 245 Å². The van der Waals surface area contributed by atoms with Gasteiger partial charge in [-0.15, -0.1) is 11.6 Å². The van der Waals surface area contributed by atoms with Crippen molar-refractivity contribution in [2.45, 2.75) is 82.2 Å². The molecule has 15 heteroatoms. The predicted octanol–water partition coefficient (Wildman–Crippen LogP) is 0.869. The standard InChI is InChI=1S/C26H37ClO12S2/c1-13-9-16-20-22(39-41(6,35)36)21(38-40(5,33)34)17-10-15(29)7-8-23(17,3)25(20,27)18(30)11-24(16,4)26(13,32)19(31)12-37-14(2)28/h10,13,16,18,20-22,30,32H,7-9,11-12H2,1-6H3/t13-,16+,18+,20-,21+,22-,23+,24+,25-,26+/m1/s1. The lowest BCUT2D eigenvalue weighted by Gasteiger charge is -2.67. The van der Waals surface area contributed by atoms with Gasteiger partial charge in [-0.05, 0) is 42.7 Å². The average Bonchev–Trinajstić information content (AvgIpc) is 3.01. The summed E-state index contributed by atoms with van der Waals surface area (Å²) in [6.45, 7) is 5.26. The average molecular weight is 641 g/mol. The number of ether oxygens (including phenoxy) is 1. The SMILES string of the molecule is CC(=O)OCC(=O)[C@@]1(O)[C@H](C)C[C@H]2[C@@H]3[C@@H](OS(C)(=O)=O)[C@@H](OS(C)(=O)=O)C4=CC(=O)CC[C@]4(C)[C@@]3(Cl)[C@@H](O)C[C@@]21C. The van der Waals surface area contributed by atoms with Gasteiger partial charge >= 0.3 is 5.97 Å². The van der Waals surface area contributed by atoms with Crippen LogP contribution >= 0.6 is 11.6 Å². The summed E-state index contributed by atoms with van der Waals surface area (Å²) in [4.78, 5) is 35.8. The first-order valence-corrected chi connectivity index (χ1v) is 17.3. The summed E-state index contributed by atoms with van der Waals surface area (Å²) in [6, 6.07) is 0. The number of hydrogen-bond donors (Lipinski definition) is 2. The Bertz CT molecular complexity index is 1410. The fourth-order valence-corrected chi connectivity index (χ4v) is 10.1. The maximum atomic E-state index is 13.5. The third-order valence-corrected chi connectivity index (χ3v) is 12.1. The van der Waals surface area contributed by atoms with Gasteiger partial charge in [-0.3, -0.25) is 22.7 Å². The molecule has 3 saturated carbocycles. The van der Waals surface area contributed by atoms with Crippen LogP contribution in [0.25, 0.3) is 0 Å². The number of rotatable bonds is 7. The van der Waals surface area contributed by atoms with Gasteiger partial charge in [0.1, 0.15) is 17.8 Å². The molecule has 0 bridgehead atoms. The number of aliphatic hydroxyl groups excluding tert-OH is 1. The van der Waals surface area contributed by atoms with Crippen LogP contribution in [0.3, 0.4) is 0 Å². The summed E-state index contributed by atoms with van der Waals surface area (Å²) >= 11 is 7.48. The van der Waals surface area contributed by atoms with E-state index in [0.29, 0.717) is 0 Å². The first-order chi connectivity index (χ1) is 18.5. The molecule has 0 radical (unpaired) electrons. The molecular formula is C26H37ClO12S2. The second kappa shape index (κ2) is 10.1. The van der Waals surface area contributed by atoms with Crippen LogP contribution < -0.4 is 0 Å². The Kier molecular flexibility index (Phi) is 7.98. The van der Waals surface area contributed by atoms with Crippen molar-refractivity contribution in [1.82, 2.24) is 0 Å². The minimum absolute atomic E-state index is 0.0280. The van der Waals surface area contributed by atoms with Crippen LogP contribution in [0, 0.1) is 28.6 Å². The molecule has 4 aliphatic carbocycles. The highest BCUT2D eigenvalue weighted by Crippen LogP contribution is 2.72. The molecule has 0 aromatic carbocycles. The van der Waals surface area contributed by atoms with Crippen LogP contribution in [0.2, 0.25) is 0 Å². The van der Waals surface area contributed by atoms with Crippen molar-refractivity contribution >= 4 is 49.4 Å². The van der Waals surface area contributed by atoms with Crippen molar-refractivity contribution < 1.29 is 54.5 Å². The first-order valence-electron chi connectivity index (χ1n) is 13.3. The number of halogens is 1. The quantitative estimate of drug-likeness (QED) is 0.227. The molecular weight excluding hydrogens is 604 g/mol. The van der Waals surface area contributed by atoms with Gasteiger partial charge in [0.05, 0.1) is 23.5 Å². The lowest BCUT2D eigenvalue weighted by molar-refractivity contribution is -0.199. The van der Waals surface area contributed by atoms with Crippen molar-refractivity contribution in [2.75, 3.05) is 19.1 Å². The van der Waals surface area contributed by atoms with Crippen molar-refractivity contribution in [3.63, 3.8) is 0 Å². The van der Waals surface area contributed by atoms with Crippen molar-refractivity contribution in [3.8, 4) is 0 Å². The van der Waals surface area contributed by atoms with Crippen molar-refractivity contribution in [2.24, 2.45) is 28.6 Å². The molecule has 4 aliphatic rings. The topological polar surface area (TPSA) is 188 Å². The summed E-state index contributed by atoms with van der Waals surface area (Å²) in [6.07, 6.45) is -1.99. The molecule has 0 aliphatic heterocycles. The number of ketones is 2. The van der Waals surface area contributed by atoms with Gasteiger partial charge in [0, 0.05) is 30.1 Å². The Balaban J connectivity index is 1.99. The largest absolute Gasteiger partial charge is 0.458 e. The number of hydrogen-bond acceptors (Lipinski definition) is 12. The Morgan fingerprint density at radius 1 is 1.12 bits per heavy atom. The predicted molar refractivity (Wildman–Crippen MR) is 145 cm³/mol. The molecule has 0 saturated heterocycles. The number of Topliss-reactive ketones (excluding diaryl/α,β-unsaturated/α-hetero) is 1. The third kappa shape index (κ3) is 4.91. The van der Waals surface area contributed by atoms with Crippen LogP contribution in [0.1, 0.15) is 53.4 Å². The van der Waals surface area contributed by atoms with Crippen LogP contribution in [-0.4, -0.2) is 92.5 Å². The summed E-state index contributed by atoms with van der Waals surface area (Å²) in [5.41, 5.74) is -4.75. The van der Waals surface area contributed by atoms with E-state index < -0.39 is 96.0 Å². The molecule has 0 aromatic rings. The molecule has 0 spiro atoms. The van der Waals surface area contributed by atoms with E-state index in [0.717, 1.165) is 19.4 Å². The first kappa shape index (κ1) is 32.5. The molecule has 0 heterocycles. The molecule has 0 unspecified atom stereocenters. The lowest BCUT2D eigenvalue weighted by atomic mass is 9.43. The minimum atomic E-state index is -4.32. The third-order valence-electron chi connectivity index (χ3n) is 10.1. The monoisotopic (exact) mass is 640 g/mol. The molecule has 4 rings (SSSR count). The van der Waals surface area contributed by atoms with E-state index >= 15 is 0 Å². The van der Waals surface area contributed by atoms with Gasteiger partial charge in [0.15, 0.2) is 12.4 Å².